The Kier molecular flexibility index (Phi) is 2.96. The Balaban J connectivity index is 2.15. The summed E-state index contributed by atoms with van der Waals surface area (Å²) < 4.78 is 1.99. The molecule has 0 amide bonds. The van der Waals surface area contributed by atoms with Crippen LogP contribution in [-0.4, -0.2) is 15.0 Å². The van der Waals surface area contributed by atoms with Crippen LogP contribution in [0.15, 0.2) is 11.1 Å². The summed E-state index contributed by atoms with van der Waals surface area (Å²) in [7, 11) is 0. The predicted molar refractivity (Wildman–Crippen MR) is 65.1 cm³/mol. The van der Waals surface area contributed by atoms with Crippen LogP contribution in [0, 0.1) is 5.92 Å². The summed E-state index contributed by atoms with van der Waals surface area (Å²) in [6, 6.07) is 0.464. The van der Waals surface area contributed by atoms with Crippen LogP contribution >= 0.6 is 11.8 Å². The van der Waals surface area contributed by atoms with Gasteiger partial charge in [-0.2, -0.15) is 5.10 Å². The molecule has 0 aliphatic heterocycles. The second-order valence-electron chi connectivity index (χ2n) is 4.58. The van der Waals surface area contributed by atoms with E-state index in [0.29, 0.717) is 11.3 Å². The van der Waals surface area contributed by atoms with Crippen LogP contribution in [0.3, 0.4) is 0 Å². The summed E-state index contributed by atoms with van der Waals surface area (Å²) in [5.74, 6) is 1.64. The smallest absolute Gasteiger partial charge is 0.135 e. The molecule has 3 nitrogen and oxygen atoms in total. The van der Waals surface area contributed by atoms with Gasteiger partial charge in [-0.1, -0.05) is 13.8 Å². The molecular weight excluding hydrogens is 206 g/mol. The topological polar surface area (TPSA) is 43.8 Å². The van der Waals surface area contributed by atoms with E-state index in [2.05, 4.69) is 25.9 Å². The number of hydrogen-bond donors (Lipinski definition) is 1. The summed E-state index contributed by atoms with van der Waals surface area (Å²) in [4.78, 5) is 1.12. The van der Waals surface area contributed by atoms with Gasteiger partial charge >= 0.3 is 0 Å². The fraction of sp³-hybridized carbons (Fsp3) is 0.727. The molecule has 1 aliphatic rings. The van der Waals surface area contributed by atoms with E-state index in [1.807, 2.05) is 10.9 Å². The van der Waals surface area contributed by atoms with E-state index in [-0.39, 0.29) is 0 Å². The lowest BCUT2D eigenvalue weighted by Gasteiger charge is -2.13. The van der Waals surface area contributed by atoms with Crippen LogP contribution in [-0.2, 0) is 0 Å². The zero-order valence-corrected chi connectivity index (χ0v) is 10.4. The first kappa shape index (κ1) is 10.9. The fourth-order valence-electron chi connectivity index (χ4n) is 1.80. The van der Waals surface area contributed by atoms with Crippen LogP contribution in [0.5, 0.6) is 0 Å². The van der Waals surface area contributed by atoms with E-state index in [0.717, 1.165) is 16.6 Å². The molecule has 1 aromatic heterocycles. The van der Waals surface area contributed by atoms with Gasteiger partial charge in [-0.15, -0.1) is 11.8 Å². The SMILES string of the molecule is CC(C)Sc1cnn(C(C)C2CC2)c1N. The zero-order valence-electron chi connectivity index (χ0n) is 9.60. The van der Waals surface area contributed by atoms with E-state index < -0.39 is 0 Å². The van der Waals surface area contributed by atoms with Crippen LogP contribution in [0.1, 0.15) is 39.7 Å². The van der Waals surface area contributed by atoms with E-state index in [4.69, 9.17) is 5.73 Å². The lowest BCUT2D eigenvalue weighted by Crippen LogP contribution is -2.11. The van der Waals surface area contributed by atoms with Gasteiger partial charge < -0.3 is 5.73 Å². The van der Waals surface area contributed by atoms with Gasteiger partial charge in [-0.3, -0.25) is 0 Å². The van der Waals surface area contributed by atoms with Crippen molar-refractivity contribution in [2.45, 2.75) is 49.8 Å². The largest absolute Gasteiger partial charge is 0.383 e. The number of rotatable bonds is 4. The maximum absolute atomic E-state index is 6.10. The highest BCUT2D eigenvalue weighted by Gasteiger charge is 2.31. The molecule has 1 aliphatic carbocycles. The summed E-state index contributed by atoms with van der Waals surface area (Å²) in [6.45, 7) is 6.56. The highest BCUT2D eigenvalue weighted by Crippen LogP contribution is 2.41. The number of thioether (sulfide) groups is 1. The average Bonchev–Trinajstić information content (AvgIpc) is 2.93. The number of nitrogen functional groups attached to an aromatic ring is 1. The molecule has 1 aromatic rings. The lowest BCUT2D eigenvalue weighted by molar-refractivity contribution is 0.446. The molecule has 1 heterocycles. The number of aromatic nitrogens is 2. The molecule has 4 heteroatoms. The van der Waals surface area contributed by atoms with E-state index in [1.54, 1.807) is 11.8 Å². The molecule has 0 spiro atoms. The van der Waals surface area contributed by atoms with Crippen LogP contribution in [0.4, 0.5) is 5.82 Å². The van der Waals surface area contributed by atoms with Crippen molar-refractivity contribution in [3.63, 3.8) is 0 Å². The average molecular weight is 225 g/mol. The second kappa shape index (κ2) is 4.08. The highest BCUT2D eigenvalue weighted by molar-refractivity contribution is 8.00. The minimum Gasteiger partial charge on any atom is -0.383 e. The number of anilines is 1. The van der Waals surface area contributed by atoms with Crippen molar-refractivity contribution in [2.24, 2.45) is 5.92 Å². The molecule has 15 heavy (non-hydrogen) atoms. The first-order valence-corrected chi connectivity index (χ1v) is 6.47. The van der Waals surface area contributed by atoms with E-state index >= 15 is 0 Å². The van der Waals surface area contributed by atoms with Crippen LogP contribution < -0.4 is 5.73 Å². The van der Waals surface area contributed by atoms with Crippen LogP contribution in [0.2, 0.25) is 0 Å². The third kappa shape index (κ3) is 2.30. The fourth-order valence-corrected chi connectivity index (χ4v) is 2.63. The Morgan fingerprint density at radius 1 is 1.47 bits per heavy atom. The third-order valence-electron chi connectivity index (χ3n) is 2.85. The van der Waals surface area contributed by atoms with Crippen molar-refractivity contribution in [1.29, 1.82) is 0 Å². The Hall–Kier alpha value is -0.640. The molecule has 0 aromatic carbocycles. The van der Waals surface area contributed by atoms with Crippen LogP contribution in [0.25, 0.3) is 0 Å². The molecule has 84 valence electrons. The molecule has 0 saturated heterocycles. The van der Waals surface area contributed by atoms with Crippen molar-refractivity contribution in [1.82, 2.24) is 9.78 Å². The minimum atomic E-state index is 0.464. The second-order valence-corrected chi connectivity index (χ2v) is 6.20. The Labute approximate surface area is 95.4 Å². The normalized spacial score (nSPS) is 18.4. The monoisotopic (exact) mass is 225 g/mol. The predicted octanol–water partition coefficient (Wildman–Crippen LogP) is 2.94. The Morgan fingerprint density at radius 2 is 2.13 bits per heavy atom. The summed E-state index contributed by atoms with van der Waals surface area (Å²) in [5, 5.41) is 4.96. The molecule has 2 rings (SSSR count). The van der Waals surface area contributed by atoms with Crippen molar-refractivity contribution in [3.8, 4) is 0 Å². The van der Waals surface area contributed by atoms with Gasteiger partial charge in [-0.05, 0) is 25.7 Å². The summed E-state index contributed by atoms with van der Waals surface area (Å²) in [5.41, 5.74) is 6.10. The van der Waals surface area contributed by atoms with Gasteiger partial charge in [0.2, 0.25) is 0 Å². The lowest BCUT2D eigenvalue weighted by atomic mass is 10.2. The standard InChI is InChI=1S/C11H19N3S/c1-7(2)15-10-6-13-14(11(10)12)8(3)9-4-5-9/h6-9H,4-5,12H2,1-3H3. The quantitative estimate of drug-likeness (QED) is 0.801. The molecule has 1 saturated carbocycles. The van der Waals surface area contributed by atoms with Gasteiger partial charge in [-0.25, -0.2) is 4.68 Å². The molecule has 0 bridgehead atoms. The molecule has 1 fully saturated rings. The third-order valence-corrected chi connectivity index (χ3v) is 3.89. The zero-order chi connectivity index (χ0) is 11.0. The van der Waals surface area contributed by atoms with Gasteiger partial charge in [0.25, 0.3) is 0 Å². The molecule has 1 unspecified atom stereocenters. The highest BCUT2D eigenvalue weighted by atomic mass is 32.2. The van der Waals surface area contributed by atoms with E-state index in [9.17, 15) is 0 Å². The van der Waals surface area contributed by atoms with Gasteiger partial charge in [0.1, 0.15) is 5.82 Å². The van der Waals surface area contributed by atoms with Crippen molar-refractivity contribution >= 4 is 17.6 Å². The Bertz CT molecular complexity index is 342. The van der Waals surface area contributed by atoms with Gasteiger partial charge in [0.05, 0.1) is 17.1 Å². The number of hydrogen-bond acceptors (Lipinski definition) is 3. The molecular formula is C11H19N3S. The first-order chi connectivity index (χ1) is 7.09. The van der Waals surface area contributed by atoms with Crippen molar-refractivity contribution in [3.05, 3.63) is 6.20 Å². The first-order valence-electron chi connectivity index (χ1n) is 5.59. The Morgan fingerprint density at radius 3 is 2.67 bits per heavy atom. The number of nitrogens with zero attached hydrogens (tertiary/aromatic N) is 2. The van der Waals surface area contributed by atoms with Crippen molar-refractivity contribution in [2.75, 3.05) is 5.73 Å². The van der Waals surface area contributed by atoms with Gasteiger partial charge in [0, 0.05) is 5.25 Å². The van der Waals surface area contributed by atoms with Crippen molar-refractivity contribution < 1.29 is 0 Å². The minimum absolute atomic E-state index is 0.464. The molecule has 0 radical (unpaired) electrons. The summed E-state index contributed by atoms with van der Waals surface area (Å²) in [6.07, 6.45) is 4.55. The molecule has 2 N–H and O–H groups in total. The molecule has 1 atom stereocenters. The van der Waals surface area contributed by atoms with Gasteiger partial charge in [0.15, 0.2) is 0 Å². The maximum atomic E-state index is 6.10. The maximum Gasteiger partial charge on any atom is 0.135 e. The van der Waals surface area contributed by atoms with E-state index in [1.165, 1.54) is 12.8 Å². The summed E-state index contributed by atoms with van der Waals surface area (Å²) >= 11 is 1.79. The number of nitrogens with two attached hydrogens (primary N) is 1.